The summed E-state index contributed by atoms with van der Waals surface area (Å²) in [6.45, 7) is 8.08. The number of rotatable bonds is 1. The van der Waals surface area contributed by atoms with Crippen LogP contribution in [-0.2, 0) is 9.47 Å². The highest BCUT2D eigenvalue weighted by atomic mass is 16.6. The molecule has 0 unspecified atom stereocenters. The van der Waals surface area contributed by atoms with Gasteiger partial charge in [-0.1, -0.05) is 0 Å². The first kappa shape index (κ1) is 14.3. The molecule has 2 aliphatic rings. The lowest BCUT2D eigenvalue weighted by molar-refractivity contribution is -0.258. The molecular formula is C14H26O4. The zero-order chi connectivity index (χ0) is 13.6. The van der Waals surface area contributed by atoms with Gasteiger partial charge in [0, 0.05) is 0 Å². The summed E-state index contributed by atoms with van der Waals surface area (Å²) in [6.07, 6.45) is 1.10. The van der Waals surface area contributed by atoms with Gasteiger partial charge in [-0.3, -0.25) is 0 Å². The molecule has 18 heavy (non-hydrogen) atoms. The number of ether oxygens (including phenoxy) is 2. The number of hydrogen-bond acceptors (Lipinski definition) is 4. The molecule has 106 valence electrons. The molecule has 0 radical (unpaired) electrons. The van der Waals surface area contributed by atoms with Crippen LogP contribution in [-0.4, -0.2) is 45.8 Å². The summed E-state index contributed by atoms with van der Waals surface area (Å²) in [7, 11) is 0. The van der Waals surface area contributed by atoms with E-state index in [9.17, 15) is 10.2 Å². The Bertz CT molecular complexity index is 270. The van der Waals surface area contributed by atoms with E-state index < -0.39 is 24.4 Å². The molecule has 0 saturated carbocycles. The van der Waals surface area contributed by atoms with Crippen LogP contribution in [0.3, 0.4) is 0 Å². The SMILES string of the molecule is CC1(C)CC[C@@H](O)[C@@H]([C@H]2OC(C)(C)CC[C@H]2O)O1. The maximum Gasteiger partial charge on any atom is 0.113 e. The van der Waals surface area contributed by atoms with E-state index in [0.29, 0.717) is 12.8 Å². The average molecular weight is 258 g/mol. The molecule has 0 bridgehead atoms. The number of aliphatic hydroxyl groups excluding tert-OH is 2. The summed E-state index contributed by atoms with van der Waals surface area (Å²) in [4.78, 5) is 0. The monoisotopic (exact) mass is 258 g/mol. The highest BCUT2D eigenvalue weighted by Gasteiger charge is 2.46. The van der Waals surface area contributed by atoms with Crippen LogP contribution in [0.5, 0.6) is 0 Å². The van der Waals surface area contributed by atoms with E-state index in [1.54, 1.807) is 0 Å². The van der Waals surface area contributed by atoms with E-state index in [1.807, 2.05) is 27.7 Å². The van der Waals surface area contributed by atoms with E-state index >= 15 is 0 Å². The van der Waals surface area contributed by atoms with Crippen molar-refractivity contribution in [3.63, 3.8) is 0 Å². The Labute approximate surface area is 109 Å². The molecule has 2 saturated heterocycles. The van der Waals surface area contributed by atoms with Gasteiger partial charge in [-0.15, -0.1) is 0 Å². The van der Waals surface area contributed by atoms with E-state index in [-0.39, 0.29) is 11.2 Å². The predicted molar refractivity (Wildman–Crippen MR) is 68.4 cm³/mol. The first-order valence-corrected chi connectivity index (χ1v) is 6.92. The molecular weight excluding hydrogens is 232 g/mol. The molecule has 0 aromatic rings. The fraction of sp³-hybridized carbons (Fsp3) is 1.00. The van der Waals surface area contributed by atoms with Gasteiger partial charge in [0.05, 0.1) is 23.4 Å². The molecule has 2 heterocycles. The van der Waals surface area contributed by atoms with Gasteiger partial charge in [-0.2, -0.15) is 0 Å². The van der Waals surface area contributed by atoms with Crippen LogP contribution < -0.4 is 0 Å². The van der Waals surface area contributed by atoms with Crippen molar-refractivity contribution in [2.75, 3.05) is 0 Å². The minimum atomic E-state index is -0.549. The number of aliphatic hydroxyl groups is 2. The standard InChI is InChI=1S/C14H26O4/c1-13(2)7-5-9(15)11(17-13)12-10(16)6-8-14(3,4)18-12/h9-12,15-16H,5-8H2,1-4H3/t9-,10-,11+,12+/m1/s1. The van der Waals surface area contributed by atoms with Gasteiger partial charge in [0.2, 0.25) is 0 Å². The topological polar surface area (TPSA) is 58.9 Å². The third kappa shape index (κ3) is 3.05. The van der Waals surface area contributed by atoms with E-state index in [4.69, 9.17) is 9.47 Å². The summed E-state index contributed by atoms with van der Waals surface area (Å²) < 4.78 is 11.9. The largest absolute Gasteiger partial charge is 0.390 e. The summed E-state index contributed by atoms with van der Waals surface area (Å²) in [5.41, 5.74) is -0.511. The van der Waals surface area contributed by atoms with Gasteiger partial charge in [0.25, 0.3) is 0 Å². The van der Waals surface area contributed by atoms with Crippen LogP contribution in [0.15, 0.2) is 0 Å². The zero-order valence-electron chi connectivity index (χ0n) is 11.8. The molecule has 2 fully saturated rings. The third-order valence-electron chi connectivity index (χ3n) is 4.08. The summed E-state index contributed by atoms with van der Waals surface area (Å²) in [6, 6.07) is 0. The molecule has 4 heteroatoms. The highest BCUT2D eigenvalue weighted by molar-refractivity contribution is 4.95. The molecule has 2 N–H and O–H groups in total. The van der Waals surface area contributed by atoms with Crippen molar-refractivity contribution in [3.8, 4) is 0 Å². The van der Waals surface area contributed by atoms with E-state index in [2.05, 4.69) is 0 Å². The van der Waals surface area contributed by atoms with Gasteiger partial charge in [0.15, 0.2) is 0 Å². The van der Waals surface area contributed by atoms with Crippen molar-refractivity contribution in [1.82, 2.24) is 0 Å². The van der Waals surface area contributed by atoms with Crippen LogP contribution in [0, 0.1) is 0 Å². The minimum absolute atomic E-state index is 0.255. The molecule has 0 amide bonds. The predicted octanol–water partition coefficient (Wildman–Crippen LogP) is 1.62. The van der Waals surface area contributed by atoms with Gasteiger partial charge < -0.3 is 19.7 Å². The zero-order valence-corrected chi connectivity index (χ0v) is 11.8. The van der Waals surface area contributed by atoms with Crippen LogP contribution >= 0.6 is 0 Å². The van der Waals surface area contributed by atoms with Gasteiger partial charge in [0.1, 0.15) is 12.2 Å². The van der Waals surface area contributed by atoms with Gasteiger partial charge >= 0.3 is 0 Å². The van der Waals surface area contributed by atoms with Gasteiger partial charge in [-0.05, 0) is 53.4 Å². The Hall–Kier alpha value is -0.160. The first-order chi connectivity index (χ1) is 8.20. The third-order valence-corrected chi connectivity index (χ3v) is 4.08. The van der Waals surface area contributed by atoms with Gasteiger partial charge in [-0.25, -0.2) is 0 Å². The van der Waals surface area contributed by atoms with Crippen molar-refractivity contribution in [1.29, 1.82) is 0 Å². The molecule has 0 aliphatic carbocycles. The Morgan fingerprint density at radius 1 is 0.778 bits per heavy atom. The van der Waals surface area contributed by atoms with Crippen LogP contribution in [0.4, 0.5) is 0 Å². The smallest absolute Gasteiger partial charge is 0.113 e. The quantitative estimate of drug-likeness (QED) is 0.750. The van der Waals surface area contributed by atoms with Crippen molar-refractivity contribution in [3.05, 3.63) is 0 Å². The lowest BCUT2D eigenvalue weighted by atomic mass is 9.85. The Morgan fingerprint density at radius 3 is 1.44 bits per heavy atom. The lowest BCUT2D eigenvalue weighted by Crippen LogP contribution is -2.58. The molecule has 0 aromatic heterocycles. The van der Waals surface area contributed by atoms with E-state index in [1.165, 1.54) is 0 Å². The second kappa shape index (κ2) is 4.75. The maximum absolute atomic E-state index is 10.1. The molecule has 2 rings (SSSR count). The average Bonchev–Trinajstić information content (AvgIpc) is 2.25. The highest BCUT2D eigenvalue weighted by Crippen LogP contribution is 2.37. The molecule has 0 aromatic carbocycles. The first-order valence-electron chi connectivity index (χ1n) is 6.92. The van der Waals surface area contributed by atoms with Crippen molar-refractivity contribution in [2.45, 2.75) is 89.0 Å². The maximum atomic E-state index is 10.1. The van der Waals surface area contributed by atoms with E-state index in [0.717, 1.165) is 12.8 Å². The summed E-state index contributed by atoms with van der Waals surface area (Å²) in [5, 5.41) is 20.3. The Morgan fingerprint density at radius 2 is 1.11 bits per heavy atom. The Balaban J connectivity index is 2.12. The van der Waals surface area contributed by atoms with Crippen LogP contribution in [0.1, 0.15) is 53.4 Å². The minimum Gasteiger partial charge on any atom is -0.390 e. The molecule has 4 nitrogen and oxygen atoms in total. The summed E-state index contributed by atoms with van der Waals surface area (Å²) in [5.74, 6) is 0. The summed E-state index contributed by atoms with van der Waals surface area (Å²) >= 11 is 0. The van der Waals surface area contributed by atoms with Crippen molar-refractivity contribution >= 4 is 0 Å². The van der Waals surface area contributed by atoms with Crippen molar-refractivity contribution < 1.29 is 19.7 Å². The fourth-order valence-electron chi connectivity index (χ4n) is 2.90. The Kier molecular flexibility index (Phi) is 3.76. The van der Waals surface area contributed by atoms with Crippen LogP contribution in [0.2, 0.25) is 0 Å². The fourth-order valence-corrected chi connectivity index (χ4v) is 2.90. The second-order valence-electron chi connectivity index (χ2n) is 6.90. The molecule has 2 aliphatic heterocycles. The number of hydrogen-bond donors (Lipinski definition) is 2. The van der Waals surface area contributed by atoms with Crippen molar-refractivity contribution in [2.24, 2.45) is 0 Å². The van der Waals surface area contributed by atoms with Crippen LogP contribution in [0.25, 0.3) is 0 Å². The normalized spacial score (nSPS) is 43.7. The second-order valence-corrected chi connectivity index (χ2v) is 6.90. The molecule has 4 atom stereocenters. The molecule has 0 spiro atoms. The lowest BCUT2D eigenvalue weighted by Gasteiger charge is -2.48.